The van der Waals surface area contributed by atoms with Crippen molar-refractivity contribution in [1.82, 2.24) is 25.1 Å². The number of aryl methyl sites for hydroxylation is 2. The molecule has 256 valence electrons. The molecule has 0 saturated carbocycles. The minimum atomic E-state index is -1.14. The van der Waals surface area contributed by atoms with Gasteiger partial charge in [0.25, 0.3) is 0 Å². The summed E-state index contributed by atoms with van der Waals surface area (Å²) in [5, 5.41) is 41.3. The molecule has 0 fully saturated rings. The highest BCUT2D eigenvalue weighted by Gasteiger charge is 2.21. The Labute approximate surface area is 290 Å². The Morgan fingerprint density at radius 1 is 1.12 bits per heavy atom. The lowest BCUT2D eigenvalue weighted by Gasteiger charge is -2.15. The van der Waals surface area contributed by atoms with Crippen LogP contribution in [0.25, 0.3) is 10.2 Å². The van der Waals surface area contributed by atoms with Crippen LogP contribution >= 0.6 is 22.7 Å². The molecule has 0 amide bonds. The maximum Gasteiger partial charge on any atom is 0.355 e. The van der Waals surface area contributed by atoms with E-state index in [4.69, 9.17) is 9.84 Å². The summed E-state index contributed by atoms with van der Waals surface area (Å²) >= 11 is 2.76. The van der Waals surface area contributed by atoms with Gasteiger partial charge in [0.15, 0.2) is 39.2 Å². The zero-order valence-electron chi connectivity index (χ0n) is 27.2. The molecule has 15 heteroatoms. The van der Waals surface area contributed by atoms with E-state index in [9.17, 15) is 19.4 Å². The number of carboxylic acid groups (broad SMARTS) is 1. The third-order valence-electron chi connectivity index (χ3n) is 7.38. The number of aliphatic hydroxyl groups is 2. The summed E-state index contributed by atoms with van der Waals surface area (Å²) in [6.07, 6.45) is 0.487. The van der Waals surface area contributed by atoms with Crippen molar-refractivity contribution in [1.29, 1.82) is 0 Å². The minimum Gasteiger partial charge on any atom is -0.491 e. The van der Waals surface area contributed by atoms with Crippen molar-refractivity contribution in [3.05, 3.63) is 76.0 Å². The molecule has 5 aromatic rings. The molecular weight excluding hydrogens is 670 g/mol. The van der Waals surface area contributed by atoms with Crippen molar-refractivity contribution in [3.8, 4) is 17.6 Å². The maximum absolute atomic E-state index is 14.7. The fourth-order valence-electron chi connectivity index (χ4n) is 4.63. The van der Waals surface area contributed by atoms with Gasteiger partial charge in [0, 0.05) is 24.0 Å². The molecule has 0 bridgehead atoms. The van der Waals surface area contributed by atoms with Crippen molar-refractivity contribution in [2.75, 3.05) is 50.6 Å². The standard InChI is InChI=1S/C34H36FN7O5S2/c1-21-18-29(39-40-31(21)38-33-36-25-9-4-5-10-27(25)48-33)42(3)34-37-30(32(45)46)28(49-34)11-7-17-47-26-13-12-22(19-24(26)35)8-6-15-41(2)16-14-23(44)20-43/h4-5,9-10,12-13,18-19,23,43-44H,7,11,14-17,20H2,1-3H3,(H,45,46)(H,36,38,40)/t23-/m0/s1. The molecule has 12 nitrogen and oxygen atoms in total. The lowest BCUT2D eigenvalue weighted by atomic mass is 10.2. The number of aromatic carboxylic acids is 1. The number of carboxylic acids is 1. The Hall–Kier alpha value is -4.72. The molecule has 4 N–H and O–H groups in total. The van der Waals surface area contributed by atoms with Crippen LogP contribution in [0.3, 0.4) is 0 Å². The number of fused-ring (bicyclic) bond motifs is 1. The van der Waals surface area contributed by atoms with E-state index >= 15 is 0 Å². The van der Waals surface area contributed by atoms with Crippen molar-refractivity contribution in [3.63, 3.8) is 0 Å². The van der Waals surface area contributed by atoms with E-state index in [-0.39, 0.29) is 24.7 Å². The molecular formula is C34H36FN7O5S2. The molecule has 49 heavy (non-hydrogen) atoms. The zero-order valence-corrected chi connectivity index (χ0v) is 28.8. The fraction of sp³-hybridized carbons (Fsp3) is 0.324. The molecule has 3 aromatic heterocycles. The van der Waals surface area contributed by atoms with Crippen molar-refractivity contribution in [2.45, 2.75) is 32.3 Å². The first-order chi connectivity index (χ1) is 23.6. The van der Waals surface area contributed by atoms with Crippen LogP contribution in [-0.2, 0) is 6.42 Å². The Morgan fingerprint density at radius 3 is 2.67 bits per heavy atom. The molecule has 0 unspecified atom stereocenters. The van der Waals surface area contributed by atoms with Crippen LogP contribution in [0, 0.1) is 24.6 Å². The fourth-order valence-corrected chi connectivity index (χ4v) is 6.56. The second-order valence-electron chi connectivity index (χ2n) is 11.2. The van der Waals surface area contributed by atoms with Gasteiger partial charge in [-0.15, -0.1) is 21.5 Å². The summed E-state index contributed by atoms with van der Waals surface area (Å²) in [6, 6.07) is 14.2. The third-order valence-corrected chi connectivity index (χ3v) is 9.53. The average molecular weight is 706 g/mol. The van der Waals surface area contributed by atoms with Crippen LogP contribution in [0.5, 0.6) is 5.75 Å². The van der Waals surface area contributed by atoms with E-state index in [0.29, 0.717) is 64.7 Å². The number of aliphatic hydroxyl groups excluding tert-OH is 2. The van der Waals surface area contributed by atoms with Gasteiger partial charge in [-0.2, -0.15) is 0 Å². The number of hydrogen-bond donors (Lipinski definition) is 4. The Kier molecular flexibility index (Phi) is 12.1. The first-order valence-electron chi connectivity index (χ1n) is 15.4. The number of benzene rings is 2. The van der Waals surface area contributed by atoms with Crippen LogP contribution < -0.4 is 15.0 Å². The van der Waals surface area contributed by atoms with Gasteiger partial charge < -0.3 is 30.3 Å². The highest BCUT2D eigenvalue weighted by molar-refractivity contribution is 7.22. The lowest BCUT2D eigenvalue weighted by Crippen LogP contribution is -2.25. The Balaban J connectivity index is 1.15. The van der Waals surface area contributed by atoms with Gasteiger partial charge in [-0.25, -0.2) is 19.2 Å². The minimum absolute atomic E-state index is 0.0463. The Morgan fingerprint density at radius 2 is 1.94 bits per heavy atom. The monoisotopic (exact) mass is 705 g/mol. The summed E-state index contributed by atoms with van der Waals surface area (Å²) < 4.78 is 21.4. The number of rotatable bonds is 15. The van der Waals surface area contributed by atoms with E-state index in [0.717, 1.165) is 15.8 Å². The van der Waals surface area contributed by atoms with Crippen LogP contribution in [0.2, 0.25) is 0 Å². The molecule has 0 aliphatic carbocycles. The van der Waals surface area contributed by atoms with E-state index in [1.165, 1.54) is 34.8 Å². The van der Waals surface area contributed by atoms with Gasteiger partial charge >= 0.3 is 5.97 Å². The van der Waals surface area contributed by atoms with Crippen LogP contribution in [-0.4, -0.2) is 92.9 Å². The first kappa shape index (κ1) is 35.6. The van der Waals surface area contributed by atoms with Crippen molar-refractivity contribution in [2.24, 2.45) is 0 Å². The topological polar surface area (TPSA) is 157 Å². The van der Waals surface area contributed by atoms with Crippen LogP contribution in [0.1, 0.15) is 39.3 Å². The van der Waals surface area contributed by atoms with Gasteiger partial charge in [0.05, 0.1) is 36.1 Å². The third kappa shape index (κ3) is 9.46. The number of nitrogens with zero attached hydrogens (tertiary/aromatic N) is 6. The molecule has 1 atom stereocenters. The average Bonchev–Trinajstić information content (AvgIpc) is 3.71. The number of ether oxygens (including phenoxy) is 1. The smallest absolute Gasteiger partial charge is 0.355 e. The summed E-state index contributed by atoms with van der Waals surface area (Å²) in [7, 11) is 3.60. The SMILES string of the molecule is Cc1cc(N(C)c2nc(C(=O)O)c(CCCOc3ccc(C#CCN(C)CC[C@H](O)CO)cc3F)s2)nnc1Nc1nc2ccccc2s1. The predicted molar refractivity (Wildman–Crippen MR) is 189 cm³/mol. The molecule has 5 rings (SSSR count). The van der Waals surface area contributed by atoms with Crippen molar-refractivity contribution >= 4 is 60.8 Å². The van der Waals surface area contributed by atoms with Gasteiger partial charge in [-0.3, -0.25) is 4.90 Å². The highest BCUT2D eigenvalue weighted by atomic mass is 32.1. The molecule has 0 saturated heterocycles. The highest BCUT2D eigenvalue weighted by Crippen LogP contribution is 2.33. The van der Waals surface area contributed by atoms with E-state index < -0.39 is 17.9 Å². The second-order valence-corrected chi connectivity index (χ2v) is 13.3. The second kappa shape index (κ2) is 16.6. The van der Waals surface area contributed by atoms with Crippen LogP contribution in [0.4, 0.5) is 26.3 Å². The summed E-state index contributed by atoms with van der Waals surface area (Å²) in [4.78, 5) is 25.1. The van der Waals surface area contributed by atoms with Gasteiger partial charge in [-0.05, 0) is 75.2 Å². The number of aromatic nitrogens is 4. The number of thiazole rings is 2. The number of carbonyl (C=O) groups is 1. The maximum atomic E-state index is 14.7. The summed E-state index contributed by atoms with van der Waals surface area (Å²) in [5.41, 5.74) is 2.18. The van der Waals surface area contributed by atoms with E-state index in [1.54, 1.807) is 18.0 Å². The number of anilines is 4. The number of para-hydroxylation sites is 1. The van der Waals surface area contributed by atoms with E-state index in [1.807, 2.05) is 49.2 Å². The van der Waals surface area contributed by atoms with Crippen molar-refractivity contribution < 1.29 is 29.2 Å². The zero-order chi connectivity index (χ0) is 34.9. The van der Waals surface area contributed by atoms with E-state index in [2.05, 4.69) is 37.3 Å². The lowest BCUT2D eigenvalue weighted by molar-refractivity contribution is 0.0690. The summed E-state index contributed by atoms with van der Waals surface area (Å²) in [6.45, 7) is 2.78. The quantitative estimate of drug-likeness (QED) is 0.0831. The molecule has 2 aromatic carbocycles. The van der Waals surface area contributed by atoms with Crippen LogP contribution in [0.15, 0.2) is 48.5 Å². The molecule has 0 aliphatic rings. The Bertz CT molecular complexity index is 1940. The van der Waals surface area contributed by atoms with Gasteiger partial charge in [-0.1, -0.05) is 35.3 Å². The largest absolute Gasteiger partial charge is 0.491 e. The number of hydrogen-bond acceptors (Lipinski definition) is 13. The van der Waals surface area contributed by atoms with Gasteiger partial charge in [0.2, 0.25) is 0 Å². The molecule has 0 radical (unpaired) electrons. The number of nitrogens with one attached hydrogen (secondary N) is 1. The predicted octanol–water partition coefficient (Wildman–Crippen LogP) is 5.24. The molecule has 0 spiro atoms. The molecule has 0 aliphatic heterocycles. The van der Waals surface area contributed by atoms with Gasteiger partial charge in [0.1, 0.15) is 0 Å². The normalized spacial score (nSPS) is 11.7. The molecule has 3 heterocycles. The number of halogens is 1. The summed E-state index contributed by atoms with van der Waals surface area (Å²) in [5.74, 6) is 5.35. The first-order valence-corrected chi connectivity index (χ1v) is 17.1.